The minimum atomic E-state index is -4.86. The Morgan fingerprint density at radius 2 is 1.62 bits per heavy atom. The summed E-state index contributed by atoms with van der Waals surface area (Å²) < 4.78 is 107. The summed E-state index contributed by atoms with van der Waals surface area (Å²) in [4.78, 5) is 11.1. The van der Waals surface area contributed by atoms with Gasteiger partial charge in [-0.15, -0.1) is 0 Å². The van der Waals surface area contributed by atoms with Crippen LogP contribution in [0.2, 0.25) is 0 Å². The molecule has 0 aliphatic heterocycles. The van der Waals surface area contributed by atoms with E-state index in [1.54, 1.807) is 0 Å². The molecule has 26 heavy (non-hydrogen) atoms. The van der Waals surface area contributed by atoms with Crippen molar-refractivity contribution in [3.8, 4) is 0 Å². The Morgan fingerprint density at radius 3 is 2.15 bits per heavy atom. The van der Waals surface area contributed by atoms with Gasteiger partial charge in [-0.05, 0) is 42.2 Å². The standard InChI is InChI=1S/C16H12F8OS/c17-12-10-8(7-3-5-14(18,19)6-4-7)1-2-9(26-16(22,23)24)11(10)13(25)15(12,20)21/h1-2,7,12H,3-6H2/t12-/m1/s1. The zero-order valence-electron chi connectivity index (χ0n) is 13.0. The number of rotatable bonds is 2. The van der Waals surface area contributed by atoms with Gasteiger partial charge in [0.1, 0.15) is 0 Å². The van der Waals surface area contributed by atoms with Crippen LogP contribution in [0, 0.1) is 0 Å². The molecule has 0 bridgehead atoms. The molecule has 10 heteroatoms. The van der Waals surface area contributed by atoms with Gasteiger partial charge in [0.15, 0.2) is 6.17 Å². The second-order valence-corrected chi connectivity index (χ2v) is 7.54. The zero-order chi connectivity index (χ0) is 19.5. The minimum absolute atomic E-state index is 0.0833. The van der Waals surface area contributed by atoms with Crippen LogP contribution in [-0.4, -0.2) is 23.1 Å². The number of thioether (sulfide) groups is 1. The Hall–Kier alpha value is -1.32. The van der Waals surface area contributed by atoms with E-state index < -0.39 is 75.9 Å². The van der Waals surface area contributed by atoms with Crippen molar-refractivity contribution in [3.63, 3.8) is 0 Å². The third kappa shape index (κ3) is 3.32. The van der Waals surface area contributed by atoms with Crippen molar-refractivity contribution < 1.29 is 39.9 Å². The number of halogens is 8. The highest BCUT2D eigenvalue weighted by Crippen LogP contribution is 2.54. The summed E-state index contributed by atoms with van der Waals surface area (Å²) >= 11 is -0.773. The molecule has 2 aliphatic carbocycles. The number of benzene rings is 1. The molecular weight excluding hydrogens is 392 g/mol. The number of fused-ring (bicyclic) bond motifs is 1. The lowest BCUT2D eigenvalue weighted by atomic mass is 9.79. The Morgan fingerprint density at radius 1 is 1.04 bits per heavy atom. The SMILES string of the molecule is O=C1c2c(SC(F)(F)F)ccc(C3CCC(F)(F)CC3)c2[C@@H](F)C1(F)F. The molecule has 2 aliphatic rings. The number of hydrogen-bond acceptors (Lipinski definition) is 2. The zero-order valence-corrected chi connectivity index (χ0v) is 13.8. The largest absolute Gasteiger partial charge is 0.446 e. The van der Waals surface area contributed by atoms with Gasteiger partial charge in [-0.25, -0.2) is 13.2 Å². The van der Waals surface area contributed by atoms with Crippen LogP contribution in [0.15, 0.2) is 17.0 Å². The van der Waals surface area contributed by atoms with Gasteiger partial charge in [0.25, 0.3) is 0 Å². The maximum Gasteiger partial charge on any atom is 0.446 e. The topological polar surface area (TPSA) is 17.1 Å². The van der Waals surface area contributed by atoms with E-state index in [1.807, 2.05) is 0 Å². The lowest BCUT2D eigenvalue weighted by Crippen LogP contribution is -2.27. The van der Waals surface area contributed by atoms with Crippen molar-refractivity contribution in [2.24, 2.45) is 0 Å². The van der Waals surface area contributed by atoms with E-state index >= 15 is 0 Å². The minimum Gasteiger partial charge on any atom is -0.287 e. The fourth-order valence-corrected chi connectivity index (χ4v) is 4.19. The molecule has 0 unspecified atom stereocenters. The van der Waals surface area contributed by atoms with Crippen molar-refractivity contribution in [2.75, 3.05) is 0 Å². The molecule has 1 fully saturated rings. The lowest BCUT2D eigenvalue weighted by molar-refractivity contribution is -0.0408. The maximum absolute atomic E-state index is 14.3. The molecular formula is C16H12F8OS. The van der Waals surface area contributed by atoms with E-state index in [0.717, 1.165) is 12.1 Å². The van der Waals surface area contributed by atoms with Crippen LogP contribution in [0.5, 0.6) is 0 Å². The monoisotopic (exact) mass is 404 g/mol. The summed E-state index contributed by atoms with van der Waals surface area (Å²) in [5.74, 6) is -10.1. The normalized spacial score (nSPS) is 25.4. The van der Waals surface area contributed by atoms with Gasteiger partial charge in [0.05, 0.1) is 0 Å². The molecule has 0 radical (unpaired) electrons. The Bertz CT molecular complexity index is 733. The number of carbonyl (C=O) groups excluding carboxylic acids is 1. The maximum atomic E-state index is 14.3. The molecule has 0 amide bonds. The van der Waals surface area contributed by atoms with Crippen LogP contribution in [0.3, 0.4) is 0 Å². The first-order valence-electron chi connectivity index (χ1n) is 7.70. The molecule has 0 spiro atoms. The molecule has 3 rings (SSSR count). The summed E-state index contributed by atoms with van der Waals surface area (Å²) in [6, 6.07) is 1.88. The van der Waals surface area contributed by atoms with E-state index in [9.17, 15) is 39.9 Å². The number of ketones is 1. The second kappa shape index (κ2) is 6.10. The lowest BCUT2D eigenvalue weighted by Gasteiger charge is -2.30. The van der Waals surface area contributed by atoms with Gasteiger partial charge >= 0.3 is 11.4 Å². The van der Waals surface area contributed by atoms with E-state index in [-0.39, 0.29) is 18.4 Å². The van der Waals surface area contributed by atoms with Crippen molar-refractivity contribution >= 4 is 17.5 Å². The number of Topliss-reactive ketones (excluding diaryl/α,β-unsaturated/α-hetero) is 1. The quantitative estimate of drug-likeness (QED) is 0.417. The summed E-state index contributed by atoms with van der Waals surface area (Å²) in [5.41, 5.74) is -6.71. The highest BCUT2D eigenvalue weighted by molar-refractivity contribution is 8.00. The average molecular weight is 404 g/mol. The average Bonchev–Trinajstić information content (AvgIpc) is 2.68. The van der Waals surface area contributed by atoms with Crippen LogP contribution in [-0.2, 0) is 0 Å². The van der Waals surface area contributed by atoms with Crippen LogP contribution in [0.25, 0.3) is 0 Å². The van der Waals surface area contributed by atoms with Gasteiger partial charge in [-0.1, -0.05) is 6.07 Å². The summed E-state index contributed by atoms with van der Waals surface area (Å²) in [5, 5.41) is 0. The fourth-order valence-electron chi connectivity index (χ4n) is 3.50. The van der Waals surface area contributed by atoms with Crippen molar-refractivity contribution in [1.82, 2.24) is 0 Å². The predicted molar refractivity (Wildman–Crippen MR) is 77.6 cm³/mol. The van der Waals surface area contributed by atoms with E-state index in [0.29, 0.717) is 0 Å². The van der Waals surface area contributed by atoms with Gasteiger partial charge in [0.2, 0.25) is 11.7 Å². The number of hydrogen-bond donors (Lipinski definition) is 0. The van der Waals surface area contributed by atoms with Crippen molar-refractivity contribution in [2.45, 2.75) is 60.0 Å². The second-order valence-electron chi connectivity index (χ2n) is 6.43. The van der Waals surface area contributed by atoms with Crippen LogP contribution in [0.1, 0.15) is 59.3 Å². The molecule has 0 aromatic heterocycles. The molecule has 1 aromatic rings. The summed E-state index contributed by atoms with van der Waals surface area (Å²) in [7, 11) is 0. The Labute approximate surface area is 147 Å². The van der Waals surface area contributed by atoms with Crippen molar-refractivity contribution in [1.29, 1.82) is 0 Å². The molecule has 0 N–H and O–H groups in total. The number of carbonyl (C=O) groups is 1. The highest BCUT2D eigenvalue weighted by Gasteiger charge is 2.59. The van der Waals surface area contributed by atoms with Crippen LogP contribution >= 0.6 is 11.8 Å². The van der Waals surface area contributed by atoms with Gasteiger partial charge in [-0.2, -0.15) is 22.0 Å². The molecule has 1 nitrogen and oxygen atoms in total. The van der Waals surface area contributed by atoms with Gasteiger partial charge in [-0.3, -0.25) is 4.79 Å². The molecule has 1 atom stereocenters. The van der Waals surface area contributed by atoms with Crippen LogP contribution < -0.4 is 0 Å². The van der Waals surface area contributed by atoms with Gasteiger partial charge in [0, 0.05) is 28.9 Å². The molecule has 0 heterocycles. The van der Waals surface area contributed by atoms with E-state index in [2.05, 4.69) is 0 Å². The third-order valence-electron chi connectivity index (χ3n) is 4.73. The Kier molecular flexibility index (Phi) is 4.56. The first-order valence-corrected chi connectivity index (χ1v) is 8.52. The first-order chi connectivity index (χ1) is 11.8. The third-order valence-corrected chi connectivity index (χ3v) is 5.52. The van der Waals surface area contributed by atoms with Gasteiger partial charge < -0.3 is 0 Å². The molecule has 0 saturated heterocycles. The molecule has 144 valence electrons. The van der Waals surface area contributed by atoms with E-state index in [1.165, 1.54) is 0 Å². The van der Waals surface area contributed by atoms with Crippen molar-refractivity contribution in [3.05, 3.63) is 28.8 Å². The first kappa shape index (κ1) is 19.4. The number of alkyl halides is 8. The molecule has 1 aromatic carbocycles. The molecule has 1 saturated carbocycles. The van der Waals surface area contributed by atoms with E-state index in [4.69, 9.17) is 0 Å². The summed E-state index contributed by atoms with van der Waals surface area (Å²) in [6.07, 6.45) is -4.41. The predicted octanol–water partition coefficient (Wildman–Crippen LogP) is 6.43. The summed E-state index contributed by atoms with van der Waals surface area (Å²) in [6.45, 7) is 0. The Balaban J connectivity index is 2.08. The highest BCUT2D eigenvalue weighted by atomic mass is 32.2. The smallest absolute Gasteiger partial charge is 0.287 e. The van der Waals surface area contributed by atoms with Crippen LogP contribution in [0.4, 0.5) is 35.1 Å². The fraction of sp³-hybridized carbons (Fsp3) is 0.562.